The van der Waals surface area contributed by atoms with Crippen molar-refractivity contribution in [3.05, 3.63) is 98.7 Å². The molecule has 1 amide bonds. The SMILES string of the molecule is C=CC(=O)N1CCN(c2nc(OC[C@@H]3CCCN3CCC(C)C(O)c3ccccc3I)nc3c2CCN(c2cccc4cccc(Cl)c24)C3)C[C@@H]1CC#N. The first-order valence-electron chi connectivity index (χ1n) is 18.9. The number of nitriles is 1. The van der Waals surface area contributed by atoms with Gasteiger partial charge in [-0.25, -0.2) is 0 Å². The van der Waals surface area contributed by atoms with Crippen molar-refractivity contribution in [1.29, 1.82) is 5.26 Å². The number of anilines is 2. The number of likely N-dealkylation sites (tertiary alicyclic amines) is 1. The molecule has 4 heterocycles. The second-order valence-corrected chi connectivity index (χ2v) is 16.2. The summed E-state index contributed by atoms with van der Waals surface area (Å²) in [4.78, 5) is 31.6. The van der Waals surface area contributed by atoms with Gasteiger partial charge in [-0.15, -0.1) is 0 Å². The summed E-state index contributed by atoms with van der Waals surface area (Å²) in [5.41, 5.74) is 4.04. The van der Waals surface area contributed by atoms with Gasteiger partial charge in [0.15, 0.2) is 0 Å². The summed E-state index contributed by atoms with van der Waals surface area (Å²) in [5, 5.41) is 23.6. The Labute approximate surface area is 336 Å². The molecule has 12 heteroatoms. The molecular weight excluding hydrogens is 813 g/mol. The molecule has 0 bridgehead atoms. The lowest BCUT2D eigenvalue weighted by molar-refractivity contribution is -0.128. The molecule has 4 atom stereocenters. The van der Waals surface area contributed by atoms with E-state index < -0.39 is 6.10 Å². The summed E-state index contributed by atoms with van der Waals surface area (Å²) >= 11 is 9.07. The van der Waals surface area contributed by atoms with Gasteiger partial charge in [0, 0.05) is 52.4 Å². The minimum absolute atomic E-state index is 0.112. The number of halogens is 2. The number of aliphatic hydroxyl groups is 1. The summed E-state index contributed by atoms with van der Waals surface area (Å²) in [5.74, 6) is 0.773. The van der Waals surface area contributed by atoms with Crippen molar-refractivity contribution in [1.82, 2.24) is 19.8 Å². The summed E-state index contributed by atoms with van der Waals surface area (Å²) in [6, 6.07) is 22.9. The molecule has 282 valence electrons. The molecule has 2 fully saturated rings. The van der Waals surface area contributed by atoms with Crippen molar-refractivity contribution in [2.45, 2.75) is 63.8 Å². The maximum Gasteiger partial charge on any atom is 0.318 e. The quantitative estimate of drug-likeness (QED) is 0.117. The zero-order valence-electron chi connectivity index (χ0n) is 30.7. The van der Waals surface area contributed by atoms with Crippen molar-refractivity contribution in [3.8, 4) is 12.1 Å². The highest BCUT2D eigenvalue weighted by molar-refractivity contribution is 14.1. The Morgan fingerprint density at radius 1 is 1.09 bits per heavy atom. The van der Waals surface area contributed by atoms with Crippen LogP contribution in [-0.4, -0.2) is 88.7 Å². The van der Waals surface area contributed by atoms with Crippen LogP contribution in [0.2, 0.25) is 5.02 Å². The van der Waals surface area contributed by atoms with Gasteiger partial charge in [-0.2, -0.15) is 15.2 Å². The highest BCUT2D eigenvalue weighted by Gasteiger charge is 2.34. The van der Waals surface area contributed by atoms with Crippen molar-refractivity contribution in [3.63, 3.8) is 0 Å². The molecule has 0 spiro atoms. The lowest BCUT2D eigenvalue weighted by Gasteiger charge is -2.42. The molecule has 54 heavy (non-hydrogen) atoms. The maximum absolute atomic E-state index is 12.7. The molecule has 10 nitrogen and oxygen atoms in total. The molecule has 1 aromatic heterocycles. The highest BCUT2D eigenvalue weighted by Crippen LogP contribution is 2.38. The van der Waals surface area contributed by atoms with Crippen molar-refractivity contribution < 1.29 is 14.6 Å². The third-order valence-electron chi connectivity index (χ3n) is 11.3. The van der Waals surface area contributed by atoms with Crippen LogP contribution in [0.5, 0.6) is 6.01 Å². The van der Waals surface area contributed by atoms with E-state index in [2.05, 4.69) is 81.1 Å². The number of fused-ring (bicyclic) bond motifs is 2. The molecule has 2 saturated heterocycles. The predicted molar refractivity (Wildman–Crippen MR) is 222 cm³/mol. The monoisotopic (exact) mass is 859 g/mol. The van der Waals surface area contributed by atoms with Crippen LogP contribution >= 0.6 is 34.2 Å². The van der Waals surface area contributed by atoms with Gasteiger partial charge in [0.1, 0.15) is 12.4 Å². The first kappa shape index (κ1) is 38.3. The first-order valence-corrected chi connectivity index (χ1v) is 20.4. The highest BCUT2D eigenvalue weighted by atomic mass is 127. The van der Waals surface area contributed by atoms with Crippen LogP contribution in [0, 0.1) is 20.8 Å². The lowest BCUT2D eigenvalue weighted by Crippen LogP contribution is -2.55. The van der Waals surface area contributed by atoms with Gasteiger partial charge >= 0.3 is 6.01 Å². The molecule has 3 aliphatic rings. The number of carbonyl (C=O) groups excluding carboxylic acids is 1. The van der Waals surface area contributed by atoms with E-state index in [4.69, 9.17) is 26.3 Å². The molecule has 2 unspecified atom stereocenters. The molecule has 3 aliphatic heterocycles. The second kappa shape index (κ2) is 17.2. The van der Waals surface area contributed by atoms with Crippen LogP contribution in [0.3, 0.4) is 0 Å². The molecule has 1 N–H and O–H groups in total. The fourth-order valence-corrected chi connectivity index (χ4v) is 9.28. The average molecular weight is 860 g/mol. The zero-order valence-corrected chi connectivity index (χ0v) is 33.6. The third kappa shape index (κ3) is 8.17. The Morgan fingerprint density at radius 3 is 2.70 bits per heavy atom. The summed E-state index contributed by atoms with van der Waals surface area (Å²) in [7, 11) is 0. The number of piperazine rings is 1. The predicted octanol–water partition coefficient (Wildman–Crippen LogP) is 7.17. The molecule has 7 rings (SSSR count). The topological polar surface area (TPSA) is 109 Å². The molecule has 0 radical (unpaired) electrons. The Balaban J connectivity index is 1.12. The number of nitrogens with zero attached hydrogens (tertiary/aromatic N) is 7. The van der Waals surface area contributed by atoms with Crippen LogP contribution in [0.1, 0.15) is 55.5 Å². The van der Waals surface area contributed by atoms with Crippen LogP contribution < -0.4 is 14.5 Å². The van der Waals surface area contributed by atoms with E-state index in [-0.39, 0.29) is 30.3 Å². The van der Waals surface area contributed by atoms with E-state index in [1.165, 1.54) is 6.08 Å². The average Bonchev–Trinajstić information content (AvgIpc) is 3.65. The largest absolute Gasteiger partial charge is 0.462 e. The van der Waals surface area contributed by atoms with Gasteiger partial charge in [-0.1, -0.05) is 67.6 Å². The van der Waals surface area contributed by atoms with Gasteiger partial charge in [-0.3, -0.25) is 9.69 Å². The number of aliphatic hydroxyl groups excluding tert-OH is 1. The molecule has 0 aliphatic carbocycles. The van der Waals surface area contributed by atoms with E-state index in [1.54, 1.807) is 4.90 Å². The van der Waals surface area contributed by atoms with Crippen LogP contribution in [-0.2, 0) is 17.8 Å². The summed E-state index contributed by atoms with van der Waals surface area (Å²) < 4.78 is 7.61. The van der Waals surface area contributed by atoms with E-state index in [1.807, 2.05) is 36.4 Å². The fraction of sp³-hybridized carbons (Fsp3) is 0.429. The zero-order chi connectivity index (χ0) is 37.8. The van der Waals surface area contributed by atoms with E-state index in [0.29, 0.717) is 38.8 Å². The Bertz CT molecular complexity index is 2040. The van der Waals surface area contributed by atoms with Crippen molar-refractivity contribution >= 4 is 62.4 Å². The van der Waals surface area contributed by atoms with E-state index in [9.17, 15) is 15.2 Å². The number of aromatic nitrogens is 2. The second-order valence-electron chi connectivity index (χ2n) is 14.6. The minimum atomic E-state index is -0.508. The Kier molecular flexibility index (Phi) is 12.2. The van der Waals surface area contributed by atoms with Gasteiger partial charge in [0.05, 0.1) is 41.9 Å². The van der Waals surface area contributed by atoms with Gasteiger partial charge in [0.25, 0.3) is 0 Å². The van der Waals surface area contributed by atoms with Crippen molar-refractivity contribution in [2.24, 2.45) is 5.92 Å². The third-order valence-corrected chi connectivity index (χ3v) is 12.6. The van der Waals surface area contributed by atoms with Gasteiger partial charge < -0.3 is 24.5 Å². The van der Waals surface area contributed by atoms with E-state index in [0.717, 1.165) is 93.0 Å². The van der Waals surface area contributed by atoms with Crippen LogP contribution in [0.15, 0.2) is 73.3 Å². The molecular formula is C42H47ClIN7O3. The van der Waals surface area contributed by atoms with Gasteiger partial charge in [0.2, 0.25) is 5.91 Å². The lowest BCUT2D eigenvalue weighted by atomic mass is 9.94. The Hall–Kier alpha value is -3.96. The van der Waals surface area contributed by atoms with Crippen LogP contribution in [0.25, 0.3) is 10.8 Å². The number of ether oxygens (including phenoxy) is 1. The number of hydrogen-bond donors (Lipinski definition) is 1. The smallest absolute Gasteiger partial charge is 0.318 e. The molecule has 4 aromatic rings. The number of carbonyl (C=O) groups is 1. The van der Waals surface area contributed by atoms with Crippen LogP contribution in [0.4, 0.5) is 11.5 Å². The number of benzene rings is 3. The van der Waals surface area contributed by atoms with Gasteiger partial charge in [-0.05, 0) is 103 Å². The normalized spacial score (nSPS) is 20.0. The van der Waals surface area contributed by atoms with Crippen molar-refractivity contribution in [2.75, 3.05) is 55.7 Å². The summed E-state index contributed by atoms with van der Waals surface area (Å²) in [6.45, 7) is 11.0. The number of rotatable bonds is 12. The minimum Gasteiger partial charge on any atom is -0.462 e. The number of hydrogen-bond acceptors (Lipinski definition) is 9. The first-order chi connectivity index (χ1) is 26.2. The fourth-order valence-electron chi connectivity index (χ4n) is 8.29. The summed E-state index contributed by atoms with van der Waals surface area (Å²) in [6.07, 6.45) is 4.76. The maximum atomic E-state index is 12.7. The number of amides is 1. The molecule has 3 aromatic carbocycles. The van der Waals surface area contributed by atoms with E-state index >= 15 is 0 Å². The Morgan fingerprint density at radius 2 is 1.91 bits per heavy atom. The standard InChI is InChI=1S/C42H47ClIN7O3/c1-3-38(52)51-24-23-50(25-30(51)16-19-45)41-33-18-22-49(37-15-7-10-29-9-6-13-34(43)39(29)37)26-36(33)46-42(47-41)54-27-31-11-8-20-48(31)21-17-28(2)40(53)32-12-4-5-14-35(32)44/h3-7,9-10,12-15,28,30-31,40,53H,1,8,11,16-18,20-27H2,2H3/t28?,30-,31-,40?/m0/s1. The molecule has 0 saturated carbocycles.